The Hall–Kier alpha value is -2.00. The molecule has 0 aromatic heterocycles. The molecule has 0 aliphatic heterocycles. The van der Waals surface area contributed by atoms with Crippen molar-refractivity contribution in [3.63, 3.8) is 0 Å². The Morgan fingerprint density at radius 3 is 2.00 bits per heavy atom. The number of benzene rings is 2. The first-order valence-corrected chi connectivity index (χ1v) is 8.73. The minimum Gasteiger partial charge on any atom is -0.487 e. The molecule has 0 bridgehead atoms. The second-order valence-corrected chi connectivity index (χ2v) is 6.48. The summed E-state index contributed by atoms with van der Waals surface area (Å²) in [5, 5.41) is 3.31. The SMILES string of the molecule is CC(C)NC(C)C.CCc1ccc(OCc2ccccc2)c(N)c1. The summed E-state index contributed by atoms with van der Waals surface area (Å²) in [6.07, 6.45) is 0.989. The van der Waals surface area contributed by atoms with Crippen molar-refractivity contribution in [1.82, 2.24) is 5.32 Å². The van der Waals surface area contributed by atoms with Crippen LogP contribution in [0.2, 0.25) is 0 Å². The third kappa shape index (κ3) is 8.02. The predicted octanol–water partition coefficient (Wildman–Crippen LogP) is 4.80. The van der Waals surface area contributed by atoms with E-state index < -0.39 is 0 Å². The van der Waals surface area contributed by atoms with Crippen molar-refractivity contribution in [2.75, 3.05) is 5.73 Å². The van der Waals surface area contributed by atoms with E-state index in [2.05, 4.69) is 46.0 Å². The first-order chi connectivity index (χ1) is 11.4. The molecule has 2 rings (SSSR count). The Kier molecular flexibility index (Phi) is 8.95. The topological polar surface area (TPSA) is 47.3 Å². The fourth-order valence-electron chi connectivity index (χ4n) is 2.35. The average Bonchev–Trinajstić information content (AvgIpc) is 2.54. The summed E-state index contributed by atoms with van der Waals surface area (Å²) in [6, 6.07) is 17.3. The van der Waals surface area contributed by atoms with E-state index in [-0.39, 0.29) is 0 Å². The van der Waals surface area contributed by atoms with E-state index in [1.807, 2.05) is 42.5 Å². The van der Waals surface area contributed by atoms with E-state index in [1.54, 1.807) is 0 Å². The highest BCUT2D eigenvalue weighted by molar-refractivity contribution is 5.54. The Labute approximate surface area is 147 Å². The van der Waals surface area contributed by atoms with E-state index in [0.717, 1.165) is 17.7 Å². The summed E-state index contributed by atoms with van der Waals surface area (Å²) in [6.45, 7) is 11.3. The summed E-state index contributed by atoms with van der Waals surface area (Å²) >= 11 is 0. The maximum atomic E-state index is 5.94. The monoisotopic (exact) mass is 328 g/mol. The van der Waals surface area contributed by atoms with Gasteiger partial charge in [0.1, 0.15) is 12.4 Å². The molecule has 24 heavy (non-hydrogen) atoms. The van der Waals surface area contributed by atoms with Crippen LogP contribution in [-0.4, -0.2) is 12.1 Å². The largest absolute Gasteiger partial charge is 0.487 e. The van der Waals surface area contributed by atoms with Crippen LogP contribution in [0.3, 0.4) is 0 Å². The minimum atomic E-state index is 0.552. The summed E-state index contributed by atoms with van der Waals surface area (Å²) in [4.78, 5) is 0. The fraction of sp³-hybridized carbons (Fsp3) is 0.429. The van der Waals surface area contributed by atoms with Gasteiger partial charge in [0.2, 0.25) is 0 Å². The molecule has 3 nitrogen and oxygen atoms in total. The highest BCUT2D eigenvalue weighted by Gasteiger charge is 2.01. The van der Waals surface area contributed by atoms with Gasteiger partial charge in [-0.2, -0.15) is 0 Å². The van der Waals surface area contributed by atoms with Crippen LogP contribution in [-0.2, 0) is 13.0 Å². The van der Waals surface area contributed by atoms with E-state index >= 15 is 0 Å². The second kappa shape index (κ2) is 10.7. The molecular formula is C21H32N2O. The van der Waals surface area contributed by atoms with Gasteiger partial charge >= 0.3 is 0 Å². The maximum Gasteiger partial charge on any atom is 0.142 e. The first kappa shape index (κ1) is 20.0. The molecular weight excluding hydrogens is 296 g/mol. The number of nitrogen functional groups attached to an aromatic ring is 1. The van der Waals surface area contributed by atoms with Crippen molar-refractivity contribution in [3.8, 4) is 5.75 Å². The van der Waals surface area contributed by atoms with Gasteiger partial charge in [-0.3, -0.25) is 0 Å². The van der Waals surface area contributed by atoms with Crippen LogP contribution in [0.1, 0.15) is 45.7 Å². The predicted molar refractivity (Wildman–Crippen MR) is 104 cm³/mol. The number of hydrogen-bond donors (Lipinski definition) is 2. The van der Waals surface area contributed by atoms with Crippen molar-refractivity contribution >= 4 is 5.69 Å². The fourth-order valence-corrected chi connectivity index (χ4v) is 2.35. The number of aryl methyl sites for hydroxylation is 1. The van der Waals surface area contributed by atoms with Crippen LogP contribution < -0.4 is 15.8 Å². The summed E-state index contributed by atoms with van der Waals surface area (Å²) in [7, 11) is 0. The molecule has 0 fully saturated rings. The van der Waals surface area contributed by atoms with Crippen molar-refractivity contribution in [1.29, 1.82) is 0 Å². The van der Waals surface area contributed by atoms with E-state index in [4.69, 9.17) is 10.5 Å². The van der Waals surface area contributed by atoms with Gasteiger partial charge in [-0.1, -0.05) is 71.0 Å². The zero-order chi connectivity index (χ0) is 17.9. The van der Waals surface area contributed by atoms with E-state index in [9.17, 15) is 0 Å². The van der Waals surface area contributed by atoms with Gasteiger partial charge in [-0.05, 0) is 29.7 Å². The lowest BCUT2D eigenvalue weighted by atomic mass is 10.1. The normalized spacial score (nSPS) is 10.5. The molecule has 0 saturated carbocycles. The number of ether oxygens (including phenoxy) is 1. The highest BCUT2D eigenvalue weighted by atomic mass is 16.5. The van der Waals surface area contributed by atoms with Gasteiger partial charge in [-0.25, -0.2) is 0 Å². The Morgan fingerprint density at radius 1 is 0.917 bits per heavy atom. The smallest absolute Gasteiger partial charge is 0.142 e. The van der Waals surface area contributed by atoms with Gasteiger partial charge in [0.05, 0.1) is 5.69 Å². The summed E-state index contributed by atoms with van der Waals surface area (Å²) < 4.78 is 5.70. The molecule has 0 heterocycles. The number of hydrogen-bond acceptors (Lipinski definition) is 3. The van der Waals surface area contributed by atoms with Gasteiger partial charge in [0.15, 0.2) is 0 Å². The van der Waals surface area contributed by atoms with Crippen LogP contribution in [0.5, 0.6) is 5.75 Å². The molecule has 2 aromatic rings. The molecule has 0 amide bonds. The minimum absolute atomic E-state index is 0.552. The molecule has 0 unspecified atom stereocenters. The maximum absolute atomic E-state index is 5.94. The third-order valence-electron chi connectivity index (χ3n) is 3.39. The standard InChI is InChI=1S/C15H17NO.C6H15N/c1-2-12-8-9-15(14(16)10-12)17-11-13-6-4-3-5-7-13;1-5(2)7-6(3)4/h3-10H,2,11,16H2,1H3;5-7H,1-4H3. The molecule has 0 spiro atoms. The molecule has 0 atom stereocenters. The van der Waals surface area contributed by atoms with Crippen molar-refractivity contribution in [2.45, 2.75) is 59.7 Å². The summed E-state index contributed by atoms with van der Waals surface area (Å²) in [5.74, 6) is 0.756. The van der Waals surface area contributed by atoms with Crippen LogP contribution in [0, 0.1) is 0 Å². The molecule has 132 valence electrons. The molecule has 0 radical (unpaired) electrons. The van der Waals surface area contributed by atoms with Gasteiger partial charge in [0, 0.05) is 12.1 Å². The molecule has 3 N–H and O–H groups in total. The molecule has 2 aromatic carbocycles. The average molecular weight is 328 g/mol. The van der Waals surface area contributed by atoms with Gasteiger partial charge in [-0.15, -0.1) is 0 Å². The Balaban J connectivity index is 0.000000351. The van der Waals surface area contributed by atoms with Crippen molar-refractivity contribution < 1.29 is 4.74 Å². The van der Waals surface area contributed by atoms with Crippen LogP contribution in [0.25, 0.3) is 0 Å². The molecule has 0 aliphatic carbocycles. The quantitative estimate of drug-likeness (QED) is 0.749. The van der Waals surface area contributed by atoms with Crippen LogP contribution in [0.4, 0.5) is 5.69 Å². The first-order valence-electron chi connectivity index (χ1n) is 8.73. The Bertz CT molecular complexity index is 574. The number of nitrogens with two attached hydrogens (primary N) is 1. The van der Waals surface area contributed by atoms with Gasteiger partial charge in [0.25, 0.3) is 0 Å². The summed E-state index contributed by atoms with van der Waals surface area (Å²) in [5.41, 5.74) is 9.02. The Morgan fingerprint density at radius 2 is 1.54 bits per heavy atom. The lowest BCUT2D eigenvalue weighted by Gasteiger charge is -2.10. The van der Waals surface area contributed by atoms with Crippen LogP contribution in [0.15, 0.2) is 48.5 Å². The molecule has 3 heteroatoms. The highest BCUT2D eigenvalue weighted by Crippen LogP contribution is 2.23. The molecule has 0 aliphatic rings. The molecule has 0 saturated heterocycles. The van der Waals surface area contributed by atoms with E-state index in [0.29, 0.717) is 24.4 Å². The zero-order valence-electron chi connectivity index (χ0n) is 15.7. The second-order valence-electron chi connectivity index (χ2n) is 6.48. The van der Waals surface area contributed by atoms with Crippen molar-refractivity contribution in [3.05, 3.63) is 59.7 Å². The number of anilines is 1. The van der Waals surface area contributed by atoms with Crippen molar-refractivity contribution in [2.24, 2.45) is 0 Å². The lowest BCUT2D eigenvalue weighted by Crippen LogP contribution is -2.29. The van der Waals surface area contributed by atoms with Crippen LogP contribution >= 0.6 is 0 Å². The lowest BCUT2D eigenvalue weighted by molar-refractivity contribution is 0.308. The number of nitrogens with one attached hydrogen (secondary N) is 1. The third-order valence-corrected chi connectivity index (χ3v) is 3.39. The zero-order valence-corrected chi connectivity index (χ0v) is 15.7. The van der Waals surface area contributed by atoms with Gasteiger partial charge < -0.3 is 15.8 Å². The van der Waals surface area contributed by atoms with E-state index in [1.165, 1.54) is 5.56 Å². The number of rotatable bonds is 6.